The smallest absolute Gasteiger partial charge is 0.260 e. The van der Waals surface area contributed by atoms with Gasteiger partial charge in [0.2, 0.25) is 10.0 Å². The van der Waals surface area contributed by atoms with Gasteiger partial charge in [-0.2, -0.15) is 4.31 Å². The van der Waals surface area contributed by atoms with Crippen molar-refractivity contribution in [3.8, 4) is 0 Å². The van der Waals surface area contributed by atoms with Crippen LogP contribution in [0.3, 0.4) is 0 Å². The molecule has 1 amide bonds. The first kappa shape index (κ1) is 28.9. The Balaban J connectivity index is 0.00000361. The zero-order valence-corrected chi connectivity index (χ0v) is 24.3. The molecule has 0 N–H and O–H groups in total. The van der Waals surface area contributed by atoms with Crippen LogP contribution in [0.15, 0.2) is 52.3 Å². The van der Waals surface area contributed by atoms with Gasteiger partial charge in [0, 0.05) is 36.1 Å². The Bertz CT molecular complexity index is 1300. The van der Waals surface area contributed by atoms with Crippen molar-refractivity contribution in [3.63, 3.8) is 0 Å². The molecule has 0 saturated carbocycles. The fourth-order valence-corrected chi connectivity index (χ4v) is 7.45. The summed E-state index contributed by atoms with van der Waals surface area (Å²) in [5.74, 6) is -0.189. The lowest BCUT2D eigenvalue weighted by Crippen LogP contribution is -2.41. The van der Waals surface area contributed by atoms with Crippen molar-refractivity contribution in [1.82, 2.24) is 14.2 Å². The molecule has 7 nitrogen and oxygen atoms in total. The van der Waals surface area contributed by atoms with E-state index in [4.69, 9.17) is 4.98 Å². The van der Waals surface area contributed by atoms with Crippen molar-refractivity contribution in [2.75, 3.05) is 44.9 Å². The standard InChI is InChI=1S/C25H32N4O3S3.ClH/c1-18-7-5-6-14-29(18)35(31,32)21-11-8-19(9-12-21)24(30)28(16-15-27(2)3)25-26-22-13-10-20(33-4)17-23(22)34-25;/h8-13,17-18H,5-7,14-16H2,1-4H3;1H. The fraction of sp³-hybridized carbons (Fsp3) is 0.440. The largest absolute Gasteiger partial charge is 0.308 e. The number of anilines is 1. The molecule has 1 atom stereocenters. The molecule has 1 fully saturated rings. The number of rotatable bonds is 8. The van der Waals surface area contributed by atoms with Crippen LogP contribution in [0.1, 0.15) is 36.5 Å². The lowest BCUT2D eigenvalue weighted by atomic mass is 10.1. The van der Waals surface area contributed by atoms with Crippen LogP contribution in [0.2, 0.25) is 0 Å². The third-order valence-electron chi connectivity index (χ3n) is 6.28. The molecule has 2 aromatic carbocycles. The minimum absolute atomic E-state index is 0. The number of likely N-dealkylation sites (N-methyl/N-ethyl adjacent to an activating group) is 1. The molecule has 0 bridgehead atoms. The Labute approximate surface area is 228 Å². The maximum absolute atomic E-state index is 13.6. The van der Waals surface area contributed by atoms with E-state index in [9.17, 15) is 13.2 Å². The van der Waals surface area contributed by atoms with Crippen molar-refractivity contribution in [2.24, 2.45) is 0 Å². The van der Waals surface area contributed by atoms with Crippen LogP contribution < -0.4 is 4.90 Å². The average Bonchev–Trinajstić information content (AvgIpc) is 3.27. The highest BCUT2D eigenvalue weighted by molar-refractivity contribution is 7.98. The highest BCUT2D eigenvalue weighted by Gasteiger charge is 2.31. The number of nitrogens with zero attached hydrogens (tertiary/aromatic N) is 4. The monoisotopic (exact) mass is 568 g/mol. The van der Waals surface area contributed by atoms with Crippen LogP contribution in [-0.2, 0) is 10.0 Å². The van der Waals surface area contributed by atoms with Gasteiger partial charge in [0.05, 0.1) is 15.1 Å². The Morgan fingerprint density at radius 1 is 1.14 bits per heavy atom. The van der Waals surface area contributed by atoms with E-state index in [1.807, 2.05) is 44.3 Å². The third-order valence-corrected chi connectivity index (χ3v) is 10.1. The van der Waals surface area contributed by atoms with Gasteiger partial charge >= 0.3 is 0 Å². The zero-order valence-electron chi connectivity index (χ0n) is 21.0. The highest BCUT2D eigenvalue weighted by Crippen LogP contribution is 2.32. The first-order chi connectivity index (χ1) is 16.7. The quantitative estimate of drug-likeness (QED) is 0.347. The Morgan fingerprint density at radius 2 is 1.86 bits per heavy atom. The number of aromatic nitrogens is 1. The summed E-state index contributed by atoms with van der Waals surface area (Å²) in [7, 11) is 0.348. The van der Waals surface area contributed by atoms with Gasteiger partial charge in [0.1, 0.15) is 0 Å². The molecule has 2 heterocycles. The number of thioether (sulfide) groups is 1. The molecule has 0 radical (unpaired) electrons. The number of carbonyl (C=O) groups is 1. The van der Waals surface area contributed by atoms with Gasteiger partial charge in [-0.3, -0.25) is 9.69 Å². The minimum Gasteiger partial charge on any atom is -0.308 e. The minimum atomic E-state index is -3.58. The number of thiazole rings is 1. The predicted molar refractivity (Wildman–Crippen MR) is 153 cm³/mol. The van der Waals surface area contributed by atoms with Crippen LogP contribution in [0.25, 0.3) is 10.2 Å². The summed E-state index contributed by atoms with van der Waals surface area (Å²) in [4.78, 5) is 23.4. The SMILES string of the molecule is CSc1ccc2nc(N(CCN(C)C)C(=O)c3ccc(S(=O)(=O)N4CCCCC4C)cc3)sc2c1.Cl. The maximum atomic E-state index is 13.6. The molecule has 1 saturated heterocycles. The van der Waals surface area contributed by atoms with E-state index in [-0.39, 0.29) is 29.3 Å². The lowest BCUT2D eigenvalue weighted by Gasteiger charge is -2.32. The number of piperidine rings is 1. The molecule has 0 spiro atoms. The number of hydrogen-bond acceptors (Lipinski definition) is 7. The number of fused-ring (bicyclic) bond motifs is 1. The van der Waals surface area contributed by atoms with E-state index >= 15 is 0 Å². The first-order valence-electron chi connectivity index (χ1n) is 11.7. The lowest BCUT2D eigenvalue weighted by molar-refractivity contribution is 0.0985. The van der Waals surface area contributed by atoms with Gasteiger partial charge in [0.15, 0.2) is 5.13 Å². The first-order valence-corrected chi connectivity index (χ1v) is 15.2. The molecule has 36 heavy (non-hydrogen) atoms. The Hall–Kier alpha value is -1.69. The summed E-state index contributed by atoms with van der Waals surface area (Å²) in [6.45, 7) is 3.65. The number of carbonyl (C=O) groups excluding carboxylic acids is 1. The van der Waals surface area contributed by atoms with Gasteiger partial charge in [-0.05, 0) is 82.6 Å². The van der Waals surface area contributed by atoms with E-state index < -0.39 is 10.0 Å². The number of hydrogen-bond donors (Lipinski definition) is 0. The van der Waals surface area contributed by atoms with Crippen LogP contribution in [-0.4, -0.2) is 74.5 Å². The molecule has 3 aromatic rings. The van der Waals surface area contributed by atoms with E-state index in [1.165, 1.54) is 11.3 Å². The fourth-order valence-electron chi connectivity index (χ4n) is 4.21. The summed E-state index contributed by atoms with van der Waals surface area (Å²) >= 11 is 3.17. The number of halogens is 1. The van der Waals surface area contributed by atoms with Gasteiger partial charge < -0.3 is 4.90 Å². The molecule has 196 valence electrons. The van der Waals surface area contributed by atoms with Crippen LogP contribution in [0.4, 0.5) is 5.13 Å². The summed E-state index contributed by atoms with van der Waals surface area (Å²) in [5.41, 5.74) is 1.31. The summed E-state index contributed by atoms with van der Waals surface area (Å²) in [6.07, 6.45) is 4.83. The van der Waals surface area contributed by atoms with Crippen LogP contribution in [0, 0.1) is 0 Å². The van der Waals surface area contributed by atoms with Crippen molar-refractivity contribution in [1.29, 1.82) is 0 Å². The summed E-state index contributed by atoms with van der Waals surface area (Å²) in [6, 6.07) is 12.4. The maximum Gasteiger partial charge on any atom is 0.260 e. The molecular formula is C25H33ClN4O3S3. The second-order valence-corrected chi connectivity index (χ2v) is 12.9. The number of sulfonamides is 1. The predicted octanol–water partition coefficient (Wildman–Crippen LogP) is 5.21. The second-order valence-electron chi connectivity index (χ2n) is 9.08. The van der Waals surface area contributed by atoms with Crippen LogP contribution in [0.5, 0.6) is 0 Å². The molecule has 0 aliphatic carbocycles. The summed E-state index contributed by atoms with van der Waals surface area (Å²) < 4.78 is 29.0. The third kappa shape index (κ3) is 6.23. The molecule has 1 unspecified atom stereocenters. The molecule has 4 rings (SSSR count). The van der Waals surface area contributed by atoms with Crippen molar-refractivity contribution < 1.29 is 13.2 Å². The van der Waals surface area contributed by atoms with Crippen molar-refractivity contribution in [3.05, 3.63) is 48.0 Å². The second kappa shape index (κ2) is 12.2. The van der Waals surface area contributed by atoms with E-state index in [2.05, 4.69) is 6.07 Å². The van der Waals surface area contributed by atoms with Gasteiger partial charge in [-0.1, -0.05) is 17.8 Å². The normalized spacial score (nSPS) is 16.8. The Kier molecular flexibility index (Phi) is 9.81. The number of benzene rings is 2. The molecule has 11 heteroatoms. The molecule has 1 aromatic heterocycles. The molecular weight excluding hydrogens is 536 g/mol. The van der Waals surface area contributed by atoms with Gasteiger partial charge in [0.25, 0.3) is 5.91 Å². The zero-order chi connectivity index (χ0) is 25.2. The van der Waals surface area contributed by atoms with E-state index in [1.54, 1.807) is 45.2 Å². The highest BCUT2D eigenvalue weighted by atomic mass is 35.5. The van der Waals surface area contributed by atoms with E-state index in [0.717, 1.165) is 34.4 Å². The average molecular weight is 569 g/mol. The summed E-state index contributed by atoms with van der Waals surface area (Å²) in [5, 5.41) is 0.643. The molecule has 1 aliphatic heterocycles. The van der Waals surface area contributed by atoms with Gasteiger partial charge in [-0.15, -0.1) is 24.2 Å². The molecule has 1 aliphatic rings. The van der Waals surface area contributed by atoms with E-state index in [0.29, 0.717) is 30.3 Å². The van der Waals surface area contributed by atoms with Crippen LogP contribution >= 0.6 is 35.5 Å². The number of amides is 1. The Morgan fingerprint density at radius 3 is 2.50 bits per heavy atom. The van der Waals surface area contributed by atoms with Gasteiger partial charge in [-0.25, -0.2) is 13.4 Å². The topological polar surface area (TPSA) is 73.8 Å². The van der Waals surface area contributed by atoms with Crippen molar-refractivity contribution in [2.45, 2.75) is 42.0 Å². The van der Waals surface area contributed by atoms with Crippen molar-refractivity contribution >= 4 is 66.8 Å².